The van der Waals surface area contributed by atoms with Crippen LogP contribution in [-0.4, -0.2) is 31.0 Å². The van der Waals surface area contributed by atoms with Gasteiger partial charge in [0.1, 0.15) is 5.75 Å². The van der Waals surface area contributed by atoms with E-state index in [4.69, 9.17) is 4.74 Å². The summed E-state index contributed by atoms with van der Waals surface area (Å²) >= 11 is 0. The fraction of sp³-hybridized carbons (Fsp3) is 0.562. The van der Waals surface area contributed by atoms with E-state index in [2.05, 4.69) is 19.1 Å². The highest BCUT2D eigenvalue weighted by Gasteiger charge is 2.57. The van der Waals surface area contributed by atoms with Crippen LogP contribution in [-0.2, 0) is 4.79 Å². The molecule has 0 bridgehead atoms. The van der Waals surface area contributed by atoms with Crippen LogP contribution in [0.25, 0.3) is 0 Å². The largest absolute Gasteiger partial charge is 0.497 e. The van der Waals surface area contributed by atoms with Crippen molar-refractivity contribution < 1.29 is 9.53 Å². The van der Waals surface area contributed by atoms with Crippen molar-refractivity contribution in [2.24, 2.45) is 5.41 Å². The standard InChI is InChI=1S/C16H23NO2/c1-5-17(6-2)15(18)16(3)11-14(16)12-7-9-13(19-4)10-8-12/h7-10,14H,5-6,11H2,1-4H3/t14-,16+/m0/s1. The second kappa shape index (κ2) is 5.24. The van der Waals surface area contributed by atoms with Gasteiger partial charge >= 0.3 is 0 Å². The Bertz CT molecular complexity index is 450. The molecule has 0 saturated heterocycles. The van der Waals surface area contributed by atoms with Gasteiger partial charge in [-0.25, -0.2) is 0 Å². The fourth-order valence-electron chi connectivity index (χ4n) is 2.80. The van der Waals surface area contributed by atoms with Gasteiger partial charge in [-0.1, -0.05) is 19.1 Å². The Labute approximate surface area is 115 Å². The van der Waals surface area contributed by atoms with Crippen molar-refractivity contribution in [2.45, 2.75) is 33.1 Å². The van der Waals surface area contributed by atoms with Gasteiger partial charge in [-0.05, 0) is 43.9 Å². The molecule has 1 aliphatic carbocycles. The average Bonchev–Trinajstić information content (AvgIpc) is 3.14. The van der Waals surface area contributed by atoms with Gasteiger partial charge in [0, 0.05) is 13.1 Å². The van der Waals surface area contributed by atoms with E-state index in [1.54, 1.807) is 7.11 Å². The number of ether oxygens (including phenoxy) is 1. The molecule has 0 unspecified atom stereocenters. The molecule has 19 heavy (non-hydrogen) atoms. The van der Waals surface area contributed by atoms with Crippen molar-refractivity contribution in [3.05, 3.63) is 29.8 Å². The molecule has 0 radical (unpaired) electrons. The zero-order chi connectivity index (χ0) is 14.0. The van der Waals surface area contributed by atoms with E-state index in [0.717, 1.165) is 25.3 Å². The fourth-order valence-corrected chi connectivity index (χ4v) is 2.80. The van der Waals surface area contributed by atoms with Crippen LogP contribution in [0.3, 0.4) is 0 Å². The number of carbonyl (C=O) groups is 1. The second-order valence-corrected chi connectivity index (χ2v) is 5.42. The second-order valence-electron chi connectivity index (χ2n) is 5.42. The van der Waals surface area contributed by atoms with Gasteiger partial charge < -0.3 is 9.64 Å². The lowest BCUT2D eigenvalue weighted by atomic mass is 9.99. The predicted molar refractivity (Wildman–Crippen MR) is 76.4 cm³/mol. The lowest BCUT2D eigenvalue weighted by Crippen LogP contribution is -2.36. The number of methoxy groups -OCH3 is 1. The number of benzene rings is 1. The summed E-state index contributed by atoms with van der Waals surface area (Å²) in [5.74, 6) is 1.51. The molecule has 1 aromatic rings. The highest BCUT2D eigenvalue weighted by atomic mass is 16.5. The molecule has 2 rings (SSSR count). The molecular weight excluding hydrogens is 238 g/mol. The maximum Gasteiger partial charge on any atom is 0.229 e. The van der Waals surface area contributed by atoms with Crippen molar-refractivity contribution >= 4 is 5.91 Å². The van der Waals surface area contributed by atoms with Crippen LogP contribution >= 0.6 is 0 Å². The number of carbonyl (C=O) groups excluding carboxylic acids is 1. The molecule has 104 valence electrons. The smallest absolute Gasteiger partial charge is 0.229 e. The summed E-state index contributed by atoms with van der Waals surface area (Å²) < 4.78 is 5.17. The van der Waals surface area contributed by atoms with Gasteiger partial charge in [-0.2, -0.15) is 0 Å². The van der Waals surface area contributed by atoms with Gasteiger partial charge in [0.25, 0.3) is 0 Å². The molecule has 1 amide bonds. The van der Waals surface area contributed by atoms with Gasteiger partial charge in [0.15, 0.2) is 0 Å². The molecule has 0 heterocycles. The maximum atomic E-state index is 12.5. The summed E-state index contributed by atoms with van der Waals surface area (Å²) in [7, 11) is 1.67. The number of amides is 1. The summed E-state index contributed by atoms with van der Waals surface area (Å²) in [4.78, 5) is 14.4. The van der Waals surface area contributed by atoms with Crippen LogP contribution in [0.2, 0.25) is 0 Å². The summed E-state index contributed by atoms with van der Waals surface area (Å²) in [6.45, 7) is 7.74. The minimum Gasteiger partial charge on any atom is -0.497 e. The van der Waals surface area contributed by atoms with Crippen LogP contribution in [0.15, 0.2) is 24.3 Å². The highest BCUT2D eigenvalue weighted by molar-refractivity contribution is 5.87. The molecule has 2 atom stereocenters. The van der Waals surface area contributed by atoms with E-state index in [1.807, 2.05) is 30.9 Å². The Morgan fingerprint density at radius 2 is 1.89 bits per heavy atom. The van der Waals surface area contributed by atoms with E-state index in [9.17, 15) is 4.79 Å². The van der Waals surface area contributed by atoms with Crippen molar-refractivity contribution in [1.82, 2.24) is 4.90 Å². The van der Waals surface area contributed by atoms with Gasteiger partial charge in [0.05, 0.1) is 12.5 Å². The Hall–Kier alpha value is -1.51. The normalized spacial score (nSPS) is 24.9. The summed E-state index contributed by atoms with van der Waals surface area (Å²) in [5, 5.41) is 0. The third-order valence-electron chi connectivity index (χ3n) is 4.29. The van der Waals surface area contributed by atoms with Crippen molar-refractivity contribution in [2.75, 3.05) is 20.2 Å². The molecular formula is C16H23NO2. The number of rotatable bonds is 5. The molecule has 0 aliphatic heterocycles. The zero-order valence-electron chi connectivity index (χ0n) is 12.3. The van der Waals surface area contributed by atoms with Crippen LogP contribution in [0, 0.1) is 5.41 Å². The maximum absolute atomic E-state index is 12.5. The molecule has 1 aliphatic rings. The Morgan fingerprint density at radius 3 is 2.37 bits per heavy atom. The monoisotopic (exact) mass is 261 g/mol. The first-order valence-corrected chi connectivity index (χ1v) is 7.00. The third-order valence-corrected chi connectivity index (χ3v) is 4.29. The van der Waals surface area contributed by atoms with Crippen LogP contribution in [0.4, 0.5) is 0 Å². The zero-order valence-corrected chi connectivity index (χ0v) is 12.3. The quantitative estimate of drug-likeness (QED) is 0.815. The van der Waals surface area contributed by atoms with Crippen LogP contribution < -0.4 is 4.74 Å². The SMILES string of the molecule is CCN(CC)C(=O)[C@]1(C)C[C@H]1c1ccc(OC)cc1. The molecule has 0 spiro atoms. The predicted octanol–water partition coefficient (Wildman–Crippen LogP) is 3.06. The van der Waals surface area contributed by atoms with Crippen molar-refractivity contribution in [1.29, 1.82) is 0 Å². The summed E-state index contributed by atoms with van der Waals surface area (Å²) in [6.07, 6.45) is 0.953. The minimum atomic E-state index is -0.208. The molecule has 1 aromatic carbocycles. The average molecular weight is 261 g/mol. The van der Waals surface area contributed by atoms with Gasteiger partial charge in [-0.15, -0.1) is 0 Å². The third kappa shape index (κ3) is 2.46. The Kier molecular flexibility index (Phi) is 3.83. The van der Waals surface area contributed by atoms with Gasteiger partial charge in [-0.3, -0.25) is 4.79 Å². The molecule has 0 N–H and O–H groups in total. The Balaban J connectivity index is 2.11. The number of nitrogens with zero attached hydrogens (tertiary/aromatic N) is 1. The number of hydrogen-bond donors (Lipinski definition) is 0. The van der Waals surface area contributed by atoms with Crippen molar-refractivity contribution in [3.63, 3.8) is 0 Å². The minimum absolute atomic E-state index is 0.208. The van der Waals surface area contributed by atoms with Gasteiger partial charge in [0.2, 0.25) is 5.91 Å². The molecule has 0 aromatic heterocycles. The first kappa shape index (κ1) is 13.9. The van der Waals surface area contributed by atoms with Crippen molar-refractivity contribution in [3.8, 4) is 5.75 Å². The lowest BCUT2D eigenvalue weighted by molar-refractivity contribution is -0.136. The topological polar surface area (TPSA) is 29.5 Å². The van der Waals surface area contributed by atoms with E-state index in [0.29, 0.717) is 11.8 Å². The first-order chi connectivity index (χ1) is 9.06. The summed E-state index contributed by atoms with van der Waals surface area (Å²) in [6, 6.07) is 8.08. The molecule has 3 heteroatoms. The molecule has 1 saturated carbocycles. The van der Waals surface area contributed by atoms with Crippen LogP contribution in [0.1, 0.15) is 38.7 Å². The lowest BCUT2D eigenvalue weighted by Gasteiger charge is -2.23. The van der Waals surface area contributed by atoms with E-state index < -0.39 is 0 Å². The van der Waals surface area contributed by atoms with Crippen LogP contribution in [0.5, 0.6) is 5.75 Å². The highest BCUT2D eigenvalue weighted by Crippen LogP contribution is 2.60. The first-order valence-electron chi connectivity index (χ1n) is 7.00. The van der Waals surface area contributed by atoms with E-state index >= 15 is 0 Å². The number of hydrogen-bond acceptors (Lipinski definition) is 2. The van der Waals surface area contributed by atoms with E-state index in [1.165, 1.54) is 5.56 Å². The Morgan fingerprint density at radius 1 is 1.32 bits per heavy atom. The van der Waals surface area contributed by atoms with E-state index in [-0.39, 0.29) is 5.41 Å². The summed E-state index contributed by atoms with van der Waals surface area (Å²) in [5.41, 5.74) is 1.03. The molecule has 1 fully saturated rings. The molecule has 3 nitrogen and oxygen atoms in total.